The predicted octanol–water partition coefficient (Wildman–Crippen LogP) is 1.79. The number of nitriles is 1. The summed E-state index contributed by atoms with van der Waals surface area (Å²) in [7, 11) is 1.42. The van der Waals surface area contributed by atoms with E-state index in [1.54, 1.807) is 13.0 Å². The van der Waals surface area contributed by atoms with Crippen LogP contribution in [-0.4, -0.2) is 25.2 Å². The van der Waals surface area contributed by atoms with Crippen molar-refractivity contribution in [1.29, 1.82) is 5.26 Å². The molecule has 0 saturated carbocycles. The molecule has 0 fully saturated rings. The Hall–Kier alpha value is -1.93. The molecule has 1 atom stereocenters. The maximum Gasteiger partial charge on any atom is 0.255 e. The van der Waals surface area contributed by atoms with Crippen molar-refractivity contribution in [3.05, 3.63) is 35.1 Å². The SMILES string of the molecule is COC[C@@](C)(C#N)NC(=O)c1ccc(C)cc1F. The molecule has 96 valence electrons. The number of rotatable bonds is 4. The second kappa shape index (κ2) is 5.61. The van der Waals surface area contributed by atoms with Gasteiger partial charge < -0.3 is 10.1 Å². The van der Waals surface area contributed by atoms with E-state index in [0.717, 1.165) is 5.56 Å². The zero-order valence-electron chi connectivity index (χ0n) is 10.6. The number of hydrogen-bond acceptors (Lipinski definition) is 3. The van der Waals surface area contributed by atoms with E-state index in [9.17, 15) is 9.18 Å². The van der Waals surface area contributed by atoms with Crippen LogP contribution < -0.4 is 5.32 Å². The lowest BCUT2D eigenvalue weighted by Gasteiger charge is -2.22. The molecule has 0 saturated heterocycles. The van der Waals surface area contributed by atoms with E-state index >= 15 is 0 Å². The predicted molar refractivity (Wildman–Crippen MR) is 64.5 cm³/mol. The van der Waals surface area contributed by atoms with E-state index in [-0.39, 0.29) is 12.2 Å². The van der Waals surface area contributed by atoms with Gasteiger partial charge in [-0.15, -0.1) is 0 Å². The number of nitrogens with zero attached hydrogens (tertiary/aromatic N) is 1. The minimum atomic E-state index is -1.18. The Labute approximate surface area is 105 Å². The van der Waals surface area contributed by atoms with Crippen molar-refractivity contribution < 1.29 is 13.9 Å². The van der Waals surface area contributed by atoms with Crippen LogP contribution >= 0.6 is 0 Å². The Kier molecular flexibility index (Phi) is 4.40. The molecule has 0 radical (unpaired) electrons. The highest BCUT2D eigenvalue weighted by Crippen LogP contribution is 2.12. The molecule has 0 aliphatic heterocycles. The van der Waals surface area contributed by atoms with E-state index in [4.69, 9.17) is 10.00 Å². The maximum atomic E-state index is 13.6. The van der Waals surface area contributed by atoms with Crippen molar-refractivity contribution in [2.24, 2.45) is 0 Å². The van der Waals surface area contributed by atoms with E-state index in [0.29, 0.717) is 0 Å². The molecular formula is C13H15FN2O2. The van der Waals surface area contributed by atoms with E-state index in [1.165, 1.54) is 26.2 Å². The van der Waals surface area contributed by atoms with Gasteiger partial charge in [0.1, 0.15) is 11.4 Å². The Bertz CT molecular complexity index is 496. The van der Waals surface area contributed by atoms with Crippen molar-refractivity contribution in [2.75, 3.05) is 13.7 Å². The molecule has 0 aromatic heterocycles. The zero-order valence-corrected chi connectivity index (χ0v) is 10.6. The number of aryl methyl sites for hydroxylation is 1. The number of benzene rings is 1. The number of hydrogen-bond donors (Lipinski definition) is 1. The topological polar surface area (TPSA) is 62.1 Å². The summed E-state index contributed by atoms with van der Waals surface area (Å²) >= 11 is 0. The highest BCUT2D eigenvalue weighted by atomic mass is 19.1. The third-order valence-electron chi connectivity index (χ3n) is 2.44. The van der Waals surface area contributed by atoms with Crippen LogP contribution in [0.5, 0.6) is 0 Å². The Morgan fingerprint density at radius 1 is 1.61 bits per heavy atom. The Morgan fingerprint density at radius 2 is 2.28 bits per heavy atom. The minimum Gasteiger partial charge on any atom is -0.381 e. The molecule has 0 unspecified atom stereocenters. The molecule has 1 aromatic carbocycles. The number of nitrogens with one attached hydrogen (secondary N) is 1. The smallest absolute Gasteiger partial charge is 0.255 e. The van der Waals surface area contributed by atoms with Crippen LogP contribution in [0.2, 0.25) is 0 Å². The van der Waals surface area contributed by atoms with Gasteiger partial charge in [-0.05, 0) is 31.5 Å². The third-order valence-corrected chi connectivity index (χ3v) is 2.44. The Balaban J connectivity index is 2.92. The van der Waals surface area contributed by atoms with Gasteiger partial charge in [0.25, 0.3) is 5.91 Å². The fourth-order valence-corrected chi connectivity index (χ4v) is 1.51. The van der Waals surface area contributed by atoms with Crippen molar-refractivity contribution in [3.8, 4) is 6.07 Å². The van der Waals surface area contributed by atoms with Gasteiger partial charge in [0.15, 0.2) is 0 Å². The van der Waals surface area contributed by atoms with Gasteiger partial charge in [-0.3, -0.25) is 4.79 Å². The second-order valence-corrected chi connectivity index (χ2v) is 4.31. The van der Waals surface area contributed by atoms with Crippen LogP contribution in [0.25, 0.3) is 0 Å². The van der Waals surface area contributed by atoms with Crippen LogP contribution in [0.15, 0.2) is 18.2 Å². The van der Waals surface area contributed by atoms with Gasteiger partial charge in [-0.2, -0.15) is 5.26 Å². The lowest BCUT2D eigenvalue weighted by Crippen LogP contribution is -2.48. The molecule has 0 aliphatic carbocycles. The highest BCUT2D eigenvalue weighted by Gasteiger charge is 2.27. The van der Waals surface area contributed by atoms with Crippen LogP contribution in [-0.2, 0) is 4.74 Å². The quantitative estimate of drug-likeness (QED) is 0.886. The fraction of sp³-hybridized carbons (Fsp3) is 0.385. The van der Waals surface area contributed by atoms with Crippen molar-refractivity contribution >= 4 is 5.91 Å². The average Bonchev–Trinajstić information content (AvgIpc) is 2.28. The van der Waals surface area contributed by atoms with Crippen LogP contribution in [0, 0.1) is 24.1 Å². The van der Waals surface area contributed by atoms with Gasteiger partial charge in [0, 0.05) is 7.11 Å². The summed E-state index contributed by atoms with van der Waals surface area (Å²) in [4.78, 5) is 11.9. The number of methoxy groups -OCH3 is 1. The molecule has 0 spiro atoms. The molecule has 5 heteroatoms. The first kappa shape index (κ1) is 14.1. The summed E-state index contributed by atoms with van der Waals surface area (Å²) in [6.07, 6.45) is 0. The van der Waals surface area contributed by atoms with Crippen LogP contribution in [0.4, 0.5) is 4.39 Å². The average molecular weight is 250 g/mol. The van der Waals surface area contributed by atoms with Crippen molar-refractivity contribution in [1.82, 2.24) is 5.32 Å². The normalized spacial score (nSPS) is 13.5. The van der Waals surface area contributed by atoms with Gasteiger partial charge in [-0.1, -0.05) is 6.07 Å². The summed E-state index contributed by atoms with van der Waals surface area (Å²) in [5, 5.41) is 11.4. The fourth-order valence-electron chi connectivity index (χ4n) is 1.51. The number of carbonyl (C=O) groups excluding carboxylic acids is 1. The number of carbonyl (C=O) groups is 1. The molecule has 1 amide bonds. The van der Waals surface area contributed by atoms with Gasteiger partial charge in [0.05, 0.1) is 18.2 Å². The molecule has 0 aliphatic rings. The first-order valence-electron chi connectivity index (χ1n) is 5.41. The van der Waals surface area contributed by atoms with Crippen molar-refractivity contribution in [3.63, 3.8) is 0 Å². The zero-order chi connectivity index (χ0) is 13.8. The number of ether oxygens (including phenoxy) is 1. The largest absolute Gasteiger partial charge is 0.381 e. The molecular weight excluding hydrogens is 235 g/mol. The summed E-state index contributed by atoms with van der Waals surface area (Å²) in [6.45, 7) is 3.28. The molecule has 4 nitrogen and oxygen atoms in total. The highest BCUT2D eigenvalue weighted by molar-refractivity contribution is 5.95. The van der Waals surface area contributed by atoms with Gasteiger partial charge >= 0.3 is 0 Å². The standard InChI is InChI=1S/C13H15FN2O2/c1-9-4-5-10(11(14)6-9)12(17)16-13(2,7-15)8-18-3/h4-6H,8H2,1-3H3,(H,16,17)/t13-/m1/s1. The van der Waals surface area contributed by atoms with Crippen LogP contribution in [0.1, 0.15) is 22.8 Å². The lowest BCUT2D eigenvalue weighted by molar-refractivity contribution is 0.0856. The van der Waals surface area contributed by atoms with E-state index in [2.05, 4.69) is 5.32 Å². The van der Waals surface area contributed by atoms with E-state index < -0.39 is 17.3 Å². The number of amides is 1. The first-order valence-corrected chi connectivity index (χ1v) is 5.41. The molecule has 1 N–H and O–H groups in total. The van der Waals surface area contributed by atoms with Gasteiger partial charge in [-0.25, -0.2) is 4.39 Å². The molecule has 18 heavy (non-hydrogen) atoms. The van der Waals surface area contributed by atoms with Crippen molar-refractivity contribution in [2.45, 2.75) is 19.4 Å². The van der Waals surface area contributed by atoms with Gasteiger partial charge in [0.2, 0.25) is 0 Å². The summed E-state index contributed by atoms with van der Waals surface area (Å²) in [5.74, 6) is -1.24. The number of halogens is 1. The monoisotopic (exact) mass is 250 g/mol. The first-order chi connectivity index (χ1) is 8.41. The summed E-state index contributed by atoms with van der Waals surface area (Å²) < 4.78 is 18.4. The minimum absolute atomic E-state index is 0.0305. The molecule has 0 bridgehead atoms. The lowest BCUT2D eigenvalue weighted by atomic mass is 10.0. The van der Waals surface area contributed by atoms with Crippen LogP contribution in [0.3, 0.4) is 0 Å². The summed E-state index contributed by atoms with van der Waals surface area (Å²) in [6, 6.07) is 6.23. The second-order valence-electron chi connectivity index (χ2n) is 4.31. The Morgan fingerprint density at radius 3 is 2.78 bits per heavy atom. The molecule has 1 aromatic rings. The third kappa shape index (κ3) is 3.28. The summed E-state index contributed by atoms with van der Waals surface area (Å²) in [5.41, 5.74) is -0.537. The molecule has 1 rings (SSSR count). The maximum absolute atomic E-state index is 13.6. The van der Waals surface area contributed by atoms with E-state index in [1.807, 2.05) is 6.07 Å². The molecule has 0 heterocycles.